The van der Waals surface area contributed by atoms with Gasteiger partial charge in [0.15, 0.2) is 0 Å². The number of aromatic nitrogens is 2. The Hall–Kier alpha value is -2.61. The van der Waals surface area contributed by atoms with Gasteiger partial charge in [-0.3, -0.25) is 4.79 Å². The number of nitrogens with one attached hydrogen (secondary N) is 1. The molecule has 1 fully saturated rings. The third-order valence-corrected chi connectivity index (χ3v) is 4.07. The van der Waals surface area contributed by atoms with Crippen LogP contribution in [0.3, 0.4) is 0 Å². The molecular weight excluding hydrogens is 336 g/mol. The Labute approximate surface area is 152 Å². The van der Waals surface area contributed by atoms with Crippen LogP contribution in [0.1, 0.15) is 20.3 Å². The number of hydrogen-bond donors (Lipinski definition) is 1. The lowest BCUT2D eigenvalue weighted by molar-refractivity contribution is -0.135. The Morgan fingerprint density at radius 2 is 2.23 bits per heavy atom. The van der Waals surface area contributed by atoms with E-state index < -0.39 is 0 Å². The number of morpholine rings is 1. The summed E-state index contributed by atoms with van der Waals surface area (Å²) in [5.74, 6) is 1.17. The molecule has 1 amide bonds. The second kappa shape index (κ2) is 8.66. The van der Waals surface area contributed by atoms with Crippen LogP contribution in [0, 0.1) is 0 Å². The molecule has 1 aliphatic rings. The number of nitrogens with zero attached hydrogens (tertiary/aromatic N) is 3. The highest BCUT2D eigenvalue weighted by Crippen LogP contribution is 2.29. The van der Waals surface area contributed by atoms with E-state index in [9.17, 15) is 4.79 Å². The third-order valence-electron chi connectivity index (χ3n) is 4.07. The smallest absolute Gasteiger partial charge is 0.315 e. The largest absolute Gasteiger partial charge is 0.493 e. The van der Waals surface area contributed by atoms with Crippen molar-refractivity contribution in [1.82, 2.24) is 15.1 Å². The van der Waals surface area contributed by atoms with Gasteiger partial charge in [-0.25, -0.2) is 0 Å². The molecule has 8 heteroatoms. The van der Waals surface area contributed by atoms with E-state index in [4.69, 9.17) is 13.9 Å². The maximum atomic E-state index is 11.5. The molecule has 0 bridgehead atoms. The van der Waals surface area contributed by atoms with Crippen LogP contribution in [-0.4, -0.2) is 60.0 Å². The van der Waals surface area contributed by atoms with Crippen molar-refractivity contribution in [3.63, 3.8) is 0 Å². The highest BCUT2D eigenvalue weighted by atomic mass is 16.5. The Bertz CT molecular complexity index is 733. The van der Waals surface area contributed by atoms with Gasteiger partial charge >= 0.3 is 6.01 Å². The summed E-state index contributed by atoms with van der Waals surface area (Å²) in [5.41, 5.74) is 0.762. The van der Waals surface area contributed by atoms with Crippen molar-refractivity contribution in [2.45, 2.75) is 26.4 Å². The van der Waals surface area contributed by atoms with Crippen molar-refractivity contribution in [3.8, 4) is 17.2 Å². The van der Waals surface area contributed by atoms with Crippen LogP contribution >= 0.6 is 0 Å². The molecule has 3 rings (SSSR count). The van der Waals surface area contributed by atoms with Gasteiger partial charge < -0.3 is 24.1 Å². The first-order chi connectivity index (χ1) is 12.7. The maximum Gasteiger partial charge on any atom is 0.315 e. The van der Waals surface area contributed by atoms with E-state index in [1.54, 1.807) is 11.8 Å². The van der Waals surface area contributed by atoms with Gasteiger partial charge in [0.25, 0.3) is 5.89 Å². The lowest BCUT2D eigenvalue weighted by Gasteiger charge is -2.32. The minimum Gasteiger partial charge on any atom is -0.493 e. The number of carbonyl (C=O) groups is 1. The summed E-state index contributed by atoms with van der Waals surface area (Å²) in [6, 6.07) is 7.89. The van der Waals surface area contributed by atoms with E-state index in [0.717, 1.165) is 17.7 Å². The monoisotopic (exact) mass is 360 g/mol. The molecule has 0 spiro atoms. The standard InChI is InChI=1S/C18H24N4O4/c1-3-9-25-16-7-5-4-6-15(16)17-20-21-18(26-17)19-11-14-12-22(13(2)23)8-10-24-14/h4-7,14H,3,8-12H2,1-2H3,(H,19,21). The van der Waals surface area contributed by atoms with Crippen LogP contribution in [0.15, 0.2) is 28.7 Å². The summed E-state index contributed by atoms with van der Waals surface area (Å²) in [6.07, 6.45) is 0.812. The molecule has 1 aromatic carbocycles. The van der Waals surface area contributed by atoms with Gasteiger partial charge in [-0.15, -0.1) is 5.10 Å². The van der Waals surface area contributed by atoms with Crippen molar-refractivity contribution >= 4 is 11.9 Å². The van der Waals surface area contributed by atoms with Crippen molar-refractivity contribution in [2.24, 2.45) is 0 Å². The normalized spacial score (nSPS) is 17.2. The minimum absolute atomic E-state index is 0.0575. The van der Waals surface area contributed by atoms with E-state index in [-0.39, 0.29) is 12.0 Å². The van der Waals surface area contributed by atoms with E-state index in [0.29, 0.717) is 44.8 Å². The van der Waals surface area contributed by atoms with Crippen LogP contribution in [-0.2, 0) is 9.53 Å². The summed E-state index contributed by atoms with van der Waals surface area (Å²) < 4.78 is 17.1. The average Bonchev–Trinajstić information content (AvgIpc) is 3.14. The molecule has 0 aliphatic carbocycles. The van der Waals surface area contributed by atoms with E-state index in [1.165, 1.54) is 0 Å². The van der Waals surface area contributed by atoms with E-state index in [1.807, 2.05) is 24.3 Å². The first-order valence-electron chi connectivity index (χ1n) is 8.84. The van der Waals surface area contributed by atoms with Crippen LogP contribution in [0.2, 0.25) is 0 Å². The Balaban J connectivity index is 1.61. The van der Waals surface area contributed by atoms with Gasteiger partial charge in [0.1, 0.15) is 5.75 Å². The summed E-state index contributed by atoms with van der Waals surface area (Å²) in [7, 11) is 0. The van der Waals surface area contributed by atoms with Crippen LogP contribution in [0.4, 0.5) is 6.01 Å². The van der Waals surface area contributed by atoms with Crippen LogP contribution in [0.25, 0.3) is 11.5 Å². The number of carbonyl (C=O) groups excluding carboxylic acids is 1. The SMILES string of the molecule is CCCOc1ccccc1-c1nnc(NCC2CN(C(C)=O)CCO2)o1. The van der Waals surface area contributed by atoms with E-state index in [2.05, 4.69) is 22.4 Å². The molecule has 1 aromatic heterocycles. The van der Waals surface area contributed by atoms with Crippen LogP contribution in [0.5, 0.6) is 5.75 Å². The molecule has 140 valence electrons. The molecule has 0 radical (unpaired) electrons. The average molecular weight is 360 g/mol. The molecule has 8 nitrogen and oxygen atoms in total. The third kappa shape index (κ3) is 4.51. The number of rotatable bonds is 7. The summed E-state index contributed by atoms with van der Waals surface area (Å²) in [6.45, 7) is 6.45. The fourth-order valence-corrected chi connectivity index (χ4v) is 2.71. The highest BCUT2D eigenvalue weighted by molar-refractivity contribution is 5.73. The zero-order chi connectivity index (χ0) is 18.4. The molecule has 26 heavy (non-hydrogen) atoms. The number of para-hydroxylation sites is 1. The zero-order valence-corrected chi connectivity index (χ0v) is 15.1. The molecule has 1 atom stereocenters. The maximum absolute atomic E-state index is 11.5. The van der Waals surface area contributed by atoms with Crippen LogP contribution < -0.4 is 10.1 Å². The fraction of sp³-hybridized carbons (Fsp3) is 0.500. The number of hydrogen-bond acceptors (Lipinski definition) is 7. The van der Waals surface area contributed by atoms with Gasteiger partial charge in [0, 0.05) is 26.6 Å². The molecule has 2 aromatic rings. The summed E-state index contributed by atoms with van der Waals surface area (Å²) in [5, 5.41) is 11.2. The molecule has 2 heterocycles. The zero-order valence-electron chi connectivity index (χ0n) is 15.1. The van der Waals surface area contributed by atoms with Gasteiger partial charge in [-0.1, -0.05) is 24.2 Å². The lowest BCUT2D eigenvalue weighted by Crippen LogP contribution is -2.47. The fourth-order valence-electron chi connectivity index (χ4n) is 2.71. The number of amides is 1. The summed E-state index contributed by atoms with van der Waals surface area (Å²) in [4.78, 5) is 13.3. The topological polar surface area (TPSA) is 89.7 Å². The Morgan fingerprint density at radius 1 is 1.38 bits per heavy atom. The lowest BCUT2D eigenvalue weighted by atomic mass is 10.2. The van der Waals surface area contributed by atoms with Gasteiger partial charge in [0.05, 0.1) is 24.9 Å². The first kappa shape index (κ1) is 18.2. The molecular formula is C18H24N4O4. The predicted octanol–water partition coefficient (Wildman–Crippen LogP) is 2.18. The molecule has 1 N–H and O–H groups in total. The Morgan fingerprint density at radius 3 is 3.04 bits per heavy atom. The summed E-state index contributed by atoms with van der Waals surface area (Å²) >= 11 is 0. The molecule has 1 unspecified atom stereocenters. The van der Waals surface area contributed by atoms with Crippen molar-refractivity contribution in [2.75, 3.05) is 38.2 Å². The van der Waals surface area contributed by atoms with Gasteiger partial charge in [-0.2, -0.15) is 0 Å². The second-order valence-electron chi connectivity index (χ2n) is 6.10. The van der Waals surface area contributed by atoms with Crippen molar-refractivity contribution in [1.29, 1.82) is 0 Å². The Kier molecular flexibility index (Phi) is 6.06. The van der Waals surface area contributed by atoms with Gasteiger partial charge in [0.2, 0.25) is 5.91 Å². The first-order valence-corrected chi connectivity index (χ1v) is 8.84. The quantitative estimate of drug-likeness (QED) is 0.809. The van der Waals surface area contributed by atoms with Crippen molar-refractivity contribution < 1.29 is 18.7 Å². The number of benzene rings is 1. The number of ether oxygens (including phenoxy) is 2. The minimum atomic E-state index is -0.108. The predicted molar refractivity (Wildman–Crippen MR) is 96.0 cm³/mol. The van der Waals surface area contributed by atoms with Gasteiger partial charge in [-0.05, 0) is 18.6 Å². The molecule has 0 saturated carbocycles. The molecule has 1 saturated heterocycles. The van der Waals surface area contributed by atoms with E-state index >= 15 is 0 Å². The number of anilines is 1. The van der Waals surface area contributed by atoms with Crippen molar-refractivity contribution in [3.05, 3.63) is 24.3 Å². The highest BCUT2D eigenvalue weighted by Gasteiger charge is 2.22. The molecule has 1 aliphatic heterocycles. The second-order valence-corrected chi connectivity index (χ2v) is 6.10.